The molecule has 1 aliphatic heterocycles. The number of thioether (sulfide) groups is 1. The Morgan fingerprint density at radius 1 is 1.17 bits per heavy atom. The summed E-state index contributed by atoms with van der Waals surface area (Å²) in [6.45, 7) is 1.22. The summed E-state index contributed by atoms with van der Waals surface area (Å²) in [7, 11) is -2.89. The van der Waals surface area contributed by atoms with Crippen LogP contribution in [0.25, 0.3) is 0 Å². The van der Waals surface area contributed by atoms with Crippen molar-refractivity contribution >= 4 is 50.2 Å². The van der Waals surface area contributed by atoms with Crippen LogP contribution in [0.2, 0.25) is 0 Å². The van der Waals surface area contributed by atoms with Gasteiger partial charge in [0.25, 0.3) is 0 Å². The second-order valence-electron chi connectivity index (χ2n) is 5.74. The summed E-state index contributed by atoms with van der Waals surface area (Å²) in [5.74, 6) is 0.885. The van der Waals surface area contributed by atoms with E-state index in [1.54, 1.807) is 22.7 Å². The highest BCUT2D eigenvalue weighted by Crippen LogP contribution is 2.25. The van der Waals surface area contributed by atoms with Crippen molar-refractivity contribution in [3.8, 4) is 0 Å². The number of carbonyl (C=O) groups is 1. The van der Waals surface area contributed by atoms with Gasteiger partial charge in [0.15, 0.2) is 9.84 Å². The van der Waals surface area contributed by atoms with E-state index in [2.05, 4.69) is 0 Å². The highest BCUT2D eigenvalue weighted by molar-refractivity contribution is 8.02. The number of hydrogen-bond acceptors (Lipinski definition) is 6. The smallest absolute Gasteiger partial charge is 0.233 e. The molecule has 0 aliphatic carbocycles. The van der Waals surface area contributed by atoms with Crippen molar-refractivity contribution in [2.24, 2.45) is 0 Å². The fourth-order valence-electron chi connectivity index (χ4n) is 2.59. The maximum absolute atomic E-state index is 12.7. The highest BCUT2D eigenvalue weighted by Gasteiger charge is 2.29. The Balaban J connectivity index is 1.60. The van der Waals surface area contributed by atoms with Crippen LogP contribution < -0.4 is 0 Å². The molecule has 1 aliphatic rings. The monoisotopic (exact) mass is 401 g/mol. The Kier molecular flexibility index (Phi) is 6.02. The maximum Gasteiger partial charge on any atom is 0.233 e. The van der Waals surface area contributed by atoms with Gasteiger partial charge in [-0.15, -0.1) is 34.4 Å². The predicted molar refractivity (Wildman–Crippen MR) is 102 cm³/mol. The van der Waals surface area contributed by atoms with Gasteiger partial charge in [0.1, 0.15) is 0 Å². The van der Waals surface area contributed by atoms with Crippen molar-refractivity contribution < 1.29 is 13.2 Å². The van der Waals surface area contributed by atoms with Crippen molar-refractivity contribution in [1.29, 1.82) is 0 Å². The zero-order chi connectivity index (χ0) is 17.0. The molecule has 1 unspecified atom stereocenters. The molecule has 130 valence electrons. The quantitative estimate of drug-likeness (QED) is 0.715. The summed E-state index contributed by atoms with van der Waals surface area (Å²) in [5.41, 5.74) is 0. The molecular weight excluding hydrogens is 382 g/mol. The molecule has 1 atom stereocenters. The third-order valence-electron chi connectivity index (χ3n) is 3.84. The van der Waals surface area contributed by atoms with Crippen molar-refractivity contribution in [1.82, 2.24) is 4.90 Å². The van der Waals surface area contributed by atoms with Crippen LogP contribution in [0.3, 0.4) is 0 Å². The molecule has 0 N–H and O–H groups in total. The van der Waals surface area contributed by atoms with Gasteiger partial charge in [-0.25, -0.2) is 8.42 Å². The Morgan fingerprint density at radius 2 is 1.79 bits per heavy atom. The van der Waals surface area contributed by atoms with Crippen LogP contribution in [0.5, 0.6) is 0 Å². The summed E-state index contributed by atoms with van der Waals surface area (Å²) < 4.78 is 23.1. The Labute approximate surface area is 154 Å². The minimum atomic E-state index is -2.89. The van der Waals surface area contributed by atoms with Gasteiger partial charge < -0.3 is 4.90 Å². The van der Waals surface area contributed by atoms with Crippen LogP contribution in [0.1, 0.15) is 16.2 Å². The second-order valence-corrected chi connectivity index (χ2v) is 11.3. The number of thiophene rings is 2. The van der Waals surface area contributed by atoms with Crippen LogP contribution in [-0.2, 0) is 27.7 Å². The lowest BCUT2D eigenvalue weighted by molar-refractivity contribution is -0.129. The average molecular weight is 402 g/mol. The Bertz CT molecular complexity index is 717. The zero-order valence-corrected chi connectivity index (χ0v) is 16.4. The maximum atomic E-state index is 12.7. The minimum Gasteiger partial charge on any atom is -0.332 e. The number of amides is 1. The molecular formula is C16H19NO3S4. The molecule has 0 bridgehead atoms. The zero-order valence-electron chi connectivity index (χ0n) is 13.1. The number of carbonyl (C=O) groups excluding carboxylic acids is 1. The van der Waals surface area contributed by atoms with Crippen molar-refractivity contribution in [3.63, 3.8) is 0 Å². The van der Waals surface area contributed by atoms with Gasteiger partial charge in [0.05, 0.1) is 30.3 Å². The summed E-state index contributed by atoms with van der Waals surface area (Å²) in [6, 6.07) is 8.06. The molecule has 2 aromatic heterocycles. The lowest BCUT2D eigenvalue weighted by Gasteiger charge is -2.22. The molecule has 4 nitrogen and oxygen atoms in total. The predicted octanol–water partition coefficient (Wildman–Crippen LogP) is 3.26. The van der Waals surface area contributed by atoms with Gasteiger partial charge in [-0.3, -0.25) is 4.79 Å². The van der Waals surface area contributed by atoms with Gasteiger partial charge in [-0.05, 0) is 29.3 Å². The molecule has 3 heterocycles. The lowest BCUT2D eigenvalue weighted by atomic mass is 10.3. The Morgan fingerprint density at radius 3 is 2.25 bits per heavy atom. The van der Waals surface area contributed by atoms with Gasteiger partial charge in [0, 0.05) is 15.0 Å². The fraction of sp³-hybridized carbons (Fsp3) is 0.438. The van der Waals surface area contributed by atoms with E-state index < -0.39 is 9.84 Å². The number of rotatable bonds is 7. The highest BCUT2D eigenvalue weighted by atomic mass is 32.2. The second kappa shape index (κ2) is 8.03. The molecule has 0 saturated carbocycles. The first-order valence-electron chi connectivity index (χ1n) is 7.66. The van der Waals surface area contributed by atoms with Crippen molar-refractivity contribution in [2.75, 3.05) is 17.3 Å². The number of hydrogen-bond donors (Lipinski definition) is 0. The molecule has 1 fully saturated rings. The van der Waals surface area contributed by atoms with Crippen LogP contribution in [0, 0.1) is 0 Å². The normalized spacial score (nSPS) is 19.4. The van der Waals surface area contributed by atoms with E-state index in [4.69, 9.17) is 0 Å². The first kappa shape index (κ1) is 18.0. The van der Waals surface area contributed by atoms with Crippen LogP contribution in [-0.4, -0.2) is 41.7 Å². The average Bonchev–Trinajstić information content (AvgIpc) is 3.27. The molecule has 2 aromatic rings. The van der Waals surface area contributed by atoms with Gasteiger partial charge in [0.2, 0.25) is 5.91 Å². The van der Waals surface area contributed by atoms with Crippen molar-refractivity contribution in [3.05, 3.63) is 44.8 Å². The summed E-state index contributed by atoms with van der Waals surface area (Å²) in [4.78, 5) is 16.9. The molecule has 0 radical (unpaired) electrons. The topological polar surface area (TPSA) is 54.5 Å². The standard InChI is InChI=1S/C16H19NO3S4/c18-16(11-23-15-5-8-24(19,20)12-15)17(9-13-3-1-6-21-13)10-14-4-2-7-22-14/h1-4,6-7,15H,5,8-12H2. The van der Waals surface area contributed by atoms with E-state index >= 15 is 0 Å². The molecule has 24 heavy (non-hydrogen) atoms. The number of sulfone groups is 1. The third-order valence-corrected chi connectivity index (χ3v) is 8.83. The fourth-order valence-corrected chi connectivity index (χ4v) is 7.57. The summed E-state index contributed by atoms with van der Waals surface area (Å²) >= 11 is 4.78. The number of nitrogens with zero attached hydrogens (tertiary/aromatic N) is 1. The van der Waals surface area contributed by atoms with Crippen LogP contribution in [0.4, 0.5) is 0 Å². The SMILES string of the molecule is O=C(CSC1CCS(=O)(=O)C1)N(Cc1cccs1)Cc1cccs1. The van der Waals surface area contributed by atoms with Crippen LogP contribution in [0.15, 0.2) is 35.0 Å². The largest absolute Gasteiger partial charge is 0.332 e. The van der Waals surface area contributed by atoms with E-state index in [1.807, 2.05) is 39.9 Å². The molecule has 1 amide bonds. The Hall–Kier alpha value is -0.830. The minimum absolute atomic E-state index is 0.0595. The summed E-state index contributed by atoms with van der Waals surface area (Å²) in [5, 5.41) is 4.09. The van der Waals surface area contributed by atoms with E-state index in [9.17, 15) is 13.2 Å². The van der Waals surface area contributed by atoms with E-state index in [-0.39, 0.29) is 22.7 Å². The van der Waals surface area contributed by atoms with Crippen molar-refractivity contribution in [2.45, 2.75) is 24.8 Å². The molecule has 0 spiro atoms. The molecule has 0 aromatic carbocycles. The summed E-state index contributed by atoms with van der Waals surface area (Å²) in [6.07, 6.45) is 0.663. The van der Waals surface area contributed by atoms with E-state index in [0.717, 1.165) is 9.75 Å². The van der Waals surface area contributed by atoms with E-state index in [0.29, 0.717) is 25.3 Å². The molecule has 8 heteroatoms. The van der Waals surface area contributed by atoms with Gasteiger partial charge in [-0.2, -0.15) is 0 Å². The van der Waals surface area contributed by atoms with Crippen LogP contribution >= 0.6 is 34.4 Å². The first-order chi connectivity index (χ1) is 11.5. The molecule has 3 rings (SSSR count). The van der Waals surface area contributed by atoms with Gasteiger partial charge in [-0.1, -0.05) is 12.1 Å². The third kappa shape index (κ3) is 5.08. The molecule has 1 saturated heterocycles. The van der Waals surface area contributed by atoms with E-state index in [1.165, 1.54) is 11.8 Å². The lowest BCUT2D eigenvalue weighted by Crippen LogP contribution is -2.31. The van der Waals surface area contributed by atoms with Gasteiger partial charge >= 0.3 is 0 Å². The first-order valence-corrected chi connectivity index (χ1v) is 12.3.